The van der Waals surface area contributed by atoms with Crippen molar-refractivity contribution in [1.82, 2.24) is 4.90 Å². The van der Waals surface area contributed by atoms with E-state index in [-0.39, 0.29) is 19.1 Å². The van der Waals surface area contributed by atoms with E-state index in [1.807, 2.05) is 6.92 Å². The third-order valence-electron chi connectivity index (χ3n) is 2.37. The van der Waals surface area contributed by atoms with E-state index in [0.717, 1.165) is 6.42 Å². The molecule has 0 unspecified atom stereocenters. The van der Waals surface area contributed by atoms with Crippen LogP contribution in [0, 0.1) is 0 Å². The second-order valence-electron chi connectivity index (χ2n) is 3.85. The Labute approximate surface area is 112 Å². The van der Waals surface area contributed by atoms with E-state index >= 15 is 0 Å². The molecular weight excluding hydrogens is 254 g/mol. The van der Waals surface area contributed by atoms with Crippen molar-refractivity contribution in [2.45, 2.75) is 13.3 Å². The average molecular weight is 272 g/mol. The second kappa shape index (κ2) is 7.95. The number of halogens is 1. The van der Waals surface area contributed by atoms with Gasteiger partial charge in [0, 0.05) is 18.1 Å². The molecule has 18 heavy (non-hydrogen) atoms. The van der Waals surface area contributed by atoms with Crippen molar-refractivity contribution in [1.29, 1.82) is 0 Å². The number of hydrogen-bond donors (Lipinski definition) is 1. The van der Waals surface area contributed by atoms with Gasteiger partial charge < -0.3 is 14.7 Å². The molecule has 1 aromatic rings. The summed E-state index contributed by atoms with van der Waals surface area (Å²) in [6.45, 7) is 2.86. The summed E-state index contributed by atoms with van der Waals surface area (Å²) in [5.41, 5.74) is 0. The first kappa shape index (κ1) is 14.8. The number of hydrogen-bond acceptors (Lipinski definition) is 3. The molecule has 0 aliphatic heterocycles. The maximum absolute atomic E-state index is 11.8. The molecule has 0 saturated carbocycles. The first-order valence-electron chi connectivity index (χ1n) is 5.94. The van der Waals surface area contributed by atoms with Crippen LogP contribution in [0.15, 0.2) is 24.3 Å². The van der Waals surface area contributed by atoms with Crippen molar-refractivity contribution in [2.75, 3.05) is 26.3 Å². The Morgan fingerprint density at radius 3 is 2.83 bits per heavy atom. The van der Waals surface area contributed by atoms with Gasteiger partial charge in [-0.25, -0.2) is 0 Å². The SMILES string of the molecule is CCCN(CCO)C(=O)COc1cccc(Cl)c1. The molecule has 0 spiro atoms. The van der Waals surface area contributed by atoms with Crippen molar-refractivity contribution >= 4 is 17.5 Å². The summed E-state index contributed by atoms with van der Waals surface area (Å²) in [5.74, 6) is 0.433. The standard InChI is InChI=1S/C13H18ClNO3/c1-2-6-15(7-8-16)13(17)10-18-12-5-3-4-11(14)9-12/h3-5,9,16H,2,6-8,10H2,1H3. The number of carbonyl (C=O) groups excluding carboxylic acids is 1. The van der Waals surface area contributed by atoms with Crippen LogP contribution in [-0.2, 0) is 4.79 Å². The van der Waals surface area contributed by atoms with E-state index in [1.54, 1.807) is 29.2 Å². The highest BCUT2D eigenvalue weighted by Gasteiger charge is 2.12. The van der Waals surface area contributed by atoms with Gasteiger partial charge in [-0.2, -0.15) is 0 Å². The Morgan fingerprint density at radius 1 is 1.44 bits per heavy atom. The van der Waals surface area contributed by atoms with E-state index in [9.17, 15) is 4.79 Å². The lowest BCUT2D eigenvalue weighted by Crippen LogP contribution is -2.37. The Morgan fingerprint density at radius 2 is 2.22 bits per heavy atom. The smallest absolute Gasteiger partial charge is 0.260 e. The molecule has 0 bridgehead atoms. The van der Waals surface area contributed by atoms with Crippen LogP contribution in [0.1, 0.15) is 13.3 Å². The predicted octanol–water partition coefficient (Wildman–Crippen LogP) is 1.95. The van der Waals surface area contributed by atoms with E-state index in [1.165, 1.54) is 0 Å². The van der Waals surface area contributed by atoms with Crippen LogP contribution in [0.4, 0.5) is 0 Å². The summed E-state index contributed by atoms with van der Waals surface area (Å²) in [6.07, 6.45) is 0.850. The normalized spacial score (nSPS) is 10.2. The van der Waals surface area contributed by atoms with E-state index in [0.29, 0.717) is 23.9 Å². The molecule has 0 fully saturated rings. The van der Waals surface area contributed by atoms with Crippen LogP contribution in [-0.4, -0.2) is 42.2 Å². The van der Waals surface area contributed by atoms with Crippen molar-refractivity contribution < 1.29 is 14.6 Å². The Bertz CT molecular complexity index is 378. The first-order valence-corrected chi connectivity index (χ1v) is 6.32. The zero-order valence-corrected chi connectivity index (χ0v) is 11.2. The fourth-order valence-corrected chi connectivity index (χ4v) is 1.73. The highest BCUT2D eigenvalue weighted by Crippen LogP contribution is 2.17. The number of benzene rings is 1. The van der Waals surface area contributed by atoms with Crippen LogP contribution in [0.3, 0.4) is 0 Å². The molecule has 1 rings (SSSR count). The third-order valence-corrected chi connectivity index (χ3v) is 2.61. The zero-order chi connectivity index (χ0) is 13.4. The van der Waals surface area contributed by atoms with Gasteiger partial charge in [0.25, 0.3) is 5.91 Å². The van der Waals surface area contributed by atoms with Crippen LogP contribution in [0.25, 0.3) is 0 Å². The molecule has 5 heteroatoms. The molecule has 0 atom stereocenters. The number of nitrogens with zero attached hydrogens (tertiary/aromatic N) is 1. The van der Waals surface area contributed by atoms with Crippen LogP contribution >= 0.6 is 11.6 Å². The minimum Gasteiger partial charge on any atom is -0.484 e. The summed E-state index contributed by atoms with van der Waals surface area (Å²) in [6, 6.07) is 6.91. The maximum atomic E-state index is 11.8. The Hall–Kier alpha value is -1.26. The molecule has 0 aliphatic rings. The van der Waals surface area contributed by atoms with Gasteiger partial charge in [-0.3, -0.25) is 4.79 Å². The predicted molar refractivity (Wildman–Crippen MR) is 70.9 cm³/mol. The molecule has 0 heterocycles. The van der Waals surface area contributed by atoms with Gasteiger partial charge in [-0.15, -0.1) is 0 Å². The largest absolute Gasteiger partial charge is 0.484 e. The van der Waals surface area contributed by atoms with Crippen molar-refractivity contribution in [3.05, 3.63) is 29.3 Å². The summed E-state index contributed by atoms with van der Waals surface area (Å²) in [7, 11) is 0. The topological polar surface area (TPSA) is 49.8 Å². The lowest BCUT2D eigenvalue weighted by molar-refractivity contribution is -0.133. The summed E-state index contributed by atoms with van der Waals surface area (Å²) < 4.78 is 5.36. The van der Waals surface area contributed by atoms with Gasteiger partial charge >= 0.3 is 0 Å². The molecule has 1 amide bonds. The first-order chi connectivity index (χ1) is 8.67. The van der Waals surface area contributed by atoms with Crippen molar-refractivity contribution in [3.8, 4) is 5.75 Å². The molecule has 1 aromatic carbocycles. The average Bonchev–Trinajstić information content (AvgIpc) is 2.36. The highest BCUT2D eigenvalue weighted by molar-refractivity contribution is 6.30. The number of amides is 1. The zero-order valence-electron chi connectivity index (χ0n) is 10.4. The van der Waals surface area contributed by atoms with Gasteiger partial charge in [-0.05, 0) is 24.6 Å². The summed E-state index contributed by atoms with van der Waals surface area (Å²) in [5, 5.41) is 9.45. The number of ether oxygens (including phenoxy) is 1. The number of aliphatic hydroxyl groups excluding tert-OH is 1. The van der Waals surface area contributed by atoms with Crippen LogP contribution in [0.5, 0.6) is 5.75 Å². The van der Waals surface area contributed by atoms with Gasteiger partial charge in [-0.1, -0.05) is 24.6 Å². The van der Waals surface area contributed by atoms with Crippen LogP contribution < -0.4 is 4.74 Å². The van der Waals surface area contributed by atoms with E-state index in [2.05, 4.69) is 0 Å². The third kappa shape index (κ3) is 4.94. The van der Waals surface area contributed by atoms with Gasteiger partial charge in [0.05, 0.1) is 6.61 Å². The Kier molecular flexibility index (Phi) is 6.54. The monoisotopic (exact) mass is 271 g/mol. The van der Waals surface area contributed by atoms with Crippen LogP contribution in [0.2, 0.25) is 5.02 Å². The molecule has 0 aromatic heterocycles. The second-order valence-corrected chi connectivity index (χ2v) is 4.29. The van der Waals surface area contributed by atoms with E-state index in [4.69, 9.17) is 21.4 Å². The molecule has 0 saturated heterocycles. The minimum atomic E-state index is -0.133. The number of rotatable bonds is 7. The van der Waals surface area contributed by atoms with Crippen molar-refractivity contribution in [2.24, 2.45) is 0 Å². The van der Waals surface area contributed by atoms with Crippen molar-refractivity contribution in [3.63, 3.8) is 0 Å². The van der Waals surface area contributed by atoms with Gasteiger partial charge in [0.2, 0.25) is 0 Å². The minimum absolute atomic E-state index is 0.0388. The molecule has 0 aliphatic carbocycles. The van der Waals surface area contributed by atoms with Gasteiger partial charge in [0.15, 0.2) is 6.61 Å². The molecule has 1 N–H and O–H groups in total. The molecule has 0 radical (unpaired) electrons. The number of aliphatic hydroxyl groups is 1. The fourth-order valence-electron chi connectivity index (χ4n) is 1.54. The Balaban J connectivity index is 2.48. The lowest BCUT2D eigenvalue weighted by atomic mass is 10.3. The summed E-state index contributed by atoms with van der Waals surface area (Å²) in [4.78, 5) is 13.4. The van der Waals surface area contributed by atoms with Gasteiger partial charge in [0.1, 0.15) is 5.75 Å². The molecule has 100 valence electrons. The summed E-state index contributed by atoms with van der Waals surface area (Å²) >= 11 is 5.81. The number of carbonyl (C=O) groups is 1. The maximum Gasteiger partial charge on any atom is 0.260 e. The quantitative estimate of drug-likeness (QED) is 0.825. The molecule has 4 nitrogen and oxygen atoms in total. The van der Waals surface area contributed by atoms with E-state index < -0.39 is 0 Å². The highest BCUT2D eigenvalue weighted by atomic mass is 35.5. The molecular formula is C13H18ClNO3. The lowest BCUT2D eigenvalue weighted by Gasteiger charge is -2.21. The fraction of sp³-hybridized carbons (Fsp3) is 0.462.